The van der Waals surface area contributed by atoms with Crippen LogP contribution in [0.2, 0.25) is 0 Å². The third-order valence-corrected chi connectivity index (χ3v) is 3.71. The van der Waals surface area contributed by atoms with Gasteiger partial charge in [-0.05, 0) is 38.1 Å². The number of rotatable bonds is 6. The number of furan rings is 1. The first kappa shape index (κ1) is 18.6. The summed E-state index contributed by atoms with van der Waals surface area (Å²) in [5.74, 6) is -0.0891. The summed E-state index contributed by atoms with van der Waals surface area (Å²) in [6.07, 6.45) is 3.57. The van der Waals surface area contributed by atoms with Crippen LogP contribution in [0.15, 0.2) is 46.6 Å². The quantitative estimate of drug-likeness (QED) is 0.440. The minimum Gasteiger partial charge on any atom is -0.508 e. The molecule has 0 aliphatic rings. The normalized spacial score (nSPS) is 12.0. The molecule has 0 aliphatic heterocycles. The van der Waals surface area contributed by atoms with Gasteiger partial charge in [0.2, 0.25) is 0 Å². The molecule has 5 nitrogen and oxygen atoms in total. The minimum absolute atomic E-state index is 0.00118. The number of benzene rings is 1. The summed E-state index contributed by atoms with van der Waals surface area (Å²) in [7, 11) is 0. The van der Waals surface area contributed by atoms with Gasteiger partial charge in [0.1, 0.15) is 23.4 Å². The smallest absolute Gasteiger partial charge is 0.308 e. The van der Waals surface area contributed by atoms with E-state index < -0.39 is 6.10 Å². The number of carbonyl (C=O) groups excluding carboxylic acids is 1. The van der Waals surface area contributed by atoms with Gasteiger partial charge >= 0.3 is 5.97 Å². The Kier molecular flexibility index (Phi) is 5.91. The Hall–Kier alpha value is -2.69. The topological polar surface area (TPSA) is 79.9 Å². The van der Waals surface area contributed by atoms with Crippen LogP contribution < -0.4 is 0 Å². The second-order valence-corrected chi connectivity index (χ2v) is 6.54. The molecule has 0 saturated carbocycles. The summed E-state index contributed by atoms with van der Waals surface area (Å²) in [5.41, 5.74) is 2.20. The van der Waals surface area contributed by atoms with Crippen molar-refractivity contribution in [3.63, 3.8) is 0 Å². The molecule has 25 heavy (non-hydrogen) atoms. The Balaban J connectivity index is 2.32. The van der Waals surface area contributed by atoms with Crippen molar-refractivity contribution >= 4 is 5.97 Å². The van der Waals surface area contributed by atoms with Gasteiger partial charge in [0, 0.05) is 12.0 Å². The lowest BCUT2D eigenvalue weighted by Crippen LogP contribution is -2.15. The molecule has 1 heterocycles. The highest BCUT2D eigenvalue weighted by Crippen LogP contribution is 2.36. The molecule has 0 aliphatic carbocycles. The minimum atomic E-state index is -0.471. The largest absolute Gasteiger partial charge is 0.508 e. The highest BCUT2D eigenvalue weighted by Gasteiger charge is 2.21. The molecule has 0 bridgehead atoms. The molecule has 0 spiro atoms. The van der Waals surface area contributed by atoms with Crippen LogP contribution in [-0.4, -0.2) is 16.2 Å². The molecule has 2 aromatic rings. The fraction of sp³-hybridized carbons (Fsp3) is 0.350. The van der Waals surface area contributed by atoms with E-state index in [9.17, 15) is 15.0 Å². The van der Waals surface area contributed by atoms with Crippen molar-refractivity contribution in [2.75, 3.05) is 0 Å². The van der Waals surface area contributed by atoms with E-state index in [4.69, 9.17) is 9.15 Å². The maximum atomic E-state index is 12.0. The number of hydrogen-bond acceptors (Lipinski definition) is 5. The number of esters is 1. The van der Waals surface area contributed by atoms with Crippen molar-refractivity contribution in [2.45, 2.75) is 40.2 Å². The first-order valence-corrected chi connectivity index (χ1v) is 8.22. The molecule has 0 saturated heterocycles. The van der Waals surface area contributed by atoms with E-state index in [1.54, 1.807) is 19.9 Å². The molecule has 0 radical (unpaired) electrons. The number of aromatic hydroxyl groups is 2. The Bertz CT molecular complexity index is 766. The van der Waals surface area contributed by atoms with Crippen molar-refractivity contribution in [1.29, 1.82) is 0 Å². The van der Waals surface area contributed by atoms with Crippen LogP contribution in [0, 0.1) is 5.92 Å². The first-order chi connectivity index (χ1) is 11.8. The van der Waals surface area contributed by atoms with E-state index in [1.807, 2.05) is 19.9 Å². The number of phenolic OH excluding ortho intramolecular Hbond substituents is 2. The van der Waals surface area contributed by atoms with Gasteiger partial charge in [-0.3, -0.25) is 4.79 Å². The monoisotopic (exact) mass is 344 g/mol. The fourth-order valence-electron chi connectivity index (χ4n) is 2.25. The van der Waals surface area contributed by atoms with Crippen LogP contribution in [0.1, 0.15) is 45.8 Å². The second kappa shape index (κ2) is 7.92. The van der Waals surface area contributed by atoms with E-state index in [-0.39, 0.29) is 23.4 Å². The van der Waals surface area contributed by atoms with Crippen LogP contribution in [0.25, 0.3) is 11.3 Å². The third-order valence-electron chi connectivity index (χ3n) is 3.71. The molecule has 134 valence electrons. The molecule has 1 aromatic carbocycles. The zero-order valence-electron chi connectivity index (χ0n) is 14.9. The maximum Gasteiger partial charge on any atom is 0.308 e. The predicted molar refractivity (Wildman–Crippen MR) is 95.2 cm³/mol. The average Bonchev–Trinajstić information content (AvgIpc) is 3.02. The Morgan fingerprint density at radius 3 is 2.60 bits per heavy atom. The van der Waals surface area contributed by atoms with E-state index in [1.165, 1.54) is 24.5 Å². The van der Waals surface area contributed by atoms with Gasteiger partial charge in [-0.2, -0.15) is 0 Å². The third kappa shape index (κ3) is 4.89. The lowest BCUT2D eigenvalue weighted by atomic mass is 10.1. The maximum absolute atomic E-state index is 12.0. The number of hydrogen-bond donors (Lipinski definition) is 2. The number of ether oxygens (including phenoxy) is 1. The van der Waals surface area contributed by atoms with Gasteiger partial charge in [-0.1, -0.05) is 25.5 Å². The van der Waals surface area contributed by atoms with Crippen molar-refractivity contribution in [1.82, 2.24) is 0 Å². The first-order valence-electron chi connectivity index (χ1n) is 8.22. The van der Waals surface area contributed by atoms with Crippen molar-refractivity contribution in [2.24, 2.45) is 5.92 Å². The summed E-state index contributed by atoms with van der Waals surface area (Å²) in [6, 6.07) is 5.92. The zero-order chi connectivity index (χ0) is 18.6. The Labute approximate surface area is 147 Å². The van der Waals surface area contributed by atoms with Crippen LogP contribution in [0.5, 0.6) is 11.5 Å². The molecular formula is C20H24O5. The molecule has 1 atom stereocenters. The molecule has 1 aromatic heterocycles. The van der Waals surface area contributed by atoms with Crippen LogP contribution in [-0.2, 0) is 9.53 Å². The lowest BCUT2D eigenvalue weighted by molar-refractivity contribution is -0.153. The standard InChI is InChI=1S/C20H24O5/c1-12(2)5-8-18(25-20(23)13(3)4)14-9-19(24-11-14)16-10-15(21)6-7-17(16)22/h5-7,9-11,13,18,21-22H,8H2,1-4H3/t18-/m0/s1. The van der Waals surface area contributed by atoms with Gasteiger partial charge in [-0.15, -0.1) is 0 Å². The van der Waals surface area contributed by atoms with Gasteiger partial charge in [0.15, 0.2) is 0 Å². The molecule has 0 amide bonds. The van der Waals surface area contributed by atoms with E-state index in [0.29, 0.717) is 23.3 Å². The zero-order valence-corrected chi connectivity index (χ0v) is 14.9. The highest BCUT2D eigenvalue weighted by atomic mass is 16.5. The molecule has 2 N–H and O–H groups in total. The molecule has 2 rings (SSSR count). The summed E-state index contributed by atoms with van der Waals surface area (Å²) in [4.78, 5) is 12.0. The lowest BCUT2D eigenvalue weighted by Gasteiger charge is -2.16. The molecule has 5 heteroatoms. The van der Waals surface area contributed by atoms with E-state index in [0.717, 1.165) is 5.57 Å². The fourth-order valence-corrected chi connectivity index (χ4v) is 2.25. The van der Waals surface area contributed by atoms with Crippen molar-refractivity contribution in [3.05, 3.63) is 47.7 Å². The Morgan fingerprint density at radius 2 is 1.96 bits per heavy atom. The van der Waals surface area contributed by atoms with Gasteiger partial charge in [-0.25, -0.2) is 0 Å². The summed E-state index contributed by atoms with van der Waals surface area (Å²) in [6.45, 7) is 7.53. The van der Waals surface area contributed by atoms with Crippen LogP contribution >= 0.6 is 0 Å². The molecule has 0 unspecified atom stereocenters. The molecular weight excluding hydrogens is 320 g/mol. The van der Waals surface area contributed by atoms with Crippen molar-refractivity contribution < 1.29 is 24.2 Å². The highest BCUT2D eigenvalue weighted by molar-refractivity contribution is 5.72. The van der Waals surface area contributed by atoms with E-state index in [2.05, 4.69) is 0 Å². The average molecular weight is 344 g/mol. The van der Waals surface area contributed by atoms with Gasteiger partial charge in [0.25, 0.3) is 0 Å². The Morgan fingerprint density at radius 1 is 1.24 bits per heavy atom. The van der Waals surface area contributed by atoms with E-state index >= 15 is 0 Å². The van der Waals surface area contributed by atoms with Gasteiger partial charge < -0.3 is 19.4 Å². The summed E-state index contributed by atoms with van der Waals surface area (Å²) in [5, 5.41) is 19.6. The SMILES string of the molecule is CC(C)=CC[C@H](OC(=O)C(C)C)c1coc(-c2cc(O)ccc2O)c1. The van der Waals surface area contributed by atoms with Crippen LogP contribution in [0.4, 0.5) is 0 Å². The molecule has 0 fully saturated rings. The van der Waals surface area contributed by atoms with Gasteiger partial charge in [0.05, 0.1) is 17.7 Å². The second-order valence-electron chi connectivity index (χ2n) is 6.54. The summed E-state index contributed by atoms with van der Waals surface area (Å²) >= 11 is 0. The predicted octanol–water partition coefficient (Wildman–Crippen LogP) is 4.95. The number of allylic oxidation sites excluding steroid dienone is 1. The van der Waals surface area contributed by atoms with Crippen molar-refractivity contribution in [3.8, 4) is 22.8 Å². The summed E-state index contributed by atoms with van der Waals surface area (Å²) < 4.78 is 11.1. The number of carbonyl (C=O) groups is 1. The van der Waals surface area contributed by atoms with Crippen LogP contribution in [0.3, 0.4) is 0 Å². The number of phenols is 2.